The van der Waals surface area contributed by atoms with Gasteiger partial charge in [-0.25, -0.2) is 9.80 Å². The largest absolute Gasteiger partial charge is 0.337 e. The molecule has 5 nitrogen and oxygen atoms in total. The normalized spacial score (nSPS) is 8.64. The highest BCUT2D eigenvalue weighted by molar-refractivity contribution is 5.79. The Bertz CT molecular complexity index is 158. The van der Waals surface area contributed by atoms with Crippen molar-refractivity contribution in [2.75, 3.05) is 13.6 Å². The number of carbonyl (C=O) groups is 2. The number of hydrogen-bond acceptors (Lipinski definition) is 2. The van der Waals surface area contributed by atoms with Crippen molar-refractivity contribution in [3.8, 4) is 0 Å². The maximum Gasteiger partial charge on any atom is 0.335 e. The Balaban J connectivity index is 3.73. The summed E-state index contributed by atoms with van der Waals surface area (Å²) in [6.45, 7) is 3.69. The first-order valence-corrected chi connectivity index (χ1v) is 3.36. The highest BCUT2D eigenvalue weighted by Gasteiger charge is 2.05. The molecule has 0 rings (SSSR count). The molecule has 11 heavy (non-hydrogen) atoms. The lowest BCUT2D eigenvalue weighted by atomic mass is 10.7. The zero-order valence-corrected chi connectivity index (χ0v) is 6.97. The molecule has 2 N–H and O–H groups in total. The minimum Gasteiger partial charge on any atom is -0.337 e. The molecule has 64 valence electrons. The van der Waals surface area contributed by atoms with Crippen molar-refractivity contribution >= 4 is 11.9 Å². The van der Waals surface area contributed by atoms with Crippen LogP contribution >= 0.6 is 0 Å². The summed E-state index contributed by atoms with van der Waals surface area (Å²) in [5.74, 6) is -0.265. The molecule has 3 amide bonds. The van der Waals surface area contributed by atoms with Gasteiger partial charge in [-0.3, -0.25) is 10.2 Å². The molecule has 0 aliphatic carbocycles. The van der Waals surface area contributed by atoms with Crippen molar-refractivity contribution < 1.29 is 9.59 Å². The lowest BCUT2D eigenvalue weighted by Crippen LogP contribution is -2.47. The van der Waals surface area contributed by atoms with Crippen LogP contribution in [0.5, 0.6) is 0 Å². The van der Waals surface area contributed by atoms with Crippen LogP contribution < -0.4 is 10.7 Å². The van der Waals surface area contributed by atoms with E-state index in [0.29, 0.717) is 6.54 Å². The van der Waals surface area contributed by atoms with Crippen LogP contribution in [-0.2, 0) is 4.79 Å². The van der Waals surface area contributed by atoms with Crippen molar-refractivity contribution in [2.45, 2.75) is 13.8 Å². The van der Waals surface area contributed by atoms with Crippen LogP contribution in [0.15, 0.2) is 0 Å². The molecule has 0 spiro atoms. The molecule has 0 saturated carbocycles. The van der Waals surface area contributed by atoms with Crippen LogP contribution in [0.3, 0.4) is 0 Å². The summed E-state index contributed by atoms with van der Waals surface area (Å²) in [4.78, 5) is 21.3. The molecule has 0 aliphatic heterocycles. The first-order valence-electron chi connectivity index (χ1n) is 3.36. The van der Waals surface area contributed by atoms with Gasteiger partial charge in [-0.05, 0) is 6.92 Å². The van der Waals surface area contributed by atoms with Crippen LogP contribution in [0.1, 0.15) is 13.8 Å². The topological polar surface area (TPSA) is 61.4 Å². The van der Waals surface area contributed by atoms with E-state index in [1.165, 1.54) is 14.0 Å². The van der Waals surface area contributed by atoms with E-state index < -0.39 is 0 Å². The molecule has 5 heteroatoms. The van der Waals surface area contributed by atoms with E-state index in [2.05, 4.69) is 10.7 Å². The van der Waals surface area contributed by atoms with Gasteiger partial charge in [-0.1, -0.05) is 0 Å². The van der Waals surface area contributed by atoms with Gasteiger partial charge in [0.25, 0.3) is 0 Å². The number of hydrazine groups is 1. The molecule has 0 aromatic heterocycles. The third-order valence-corrected chi connectivity index (χ3v) is 0.958. The molecule has 0 aliphatic rings. The Morgan fingerprint density at radius 3 is 2.36 bits per heavy atom. The average molecular weight is 159 g/mol. The van der Waals surface area contributed by atoms with E-state index in [4.69, 9.17) is 0 Å². The Morgan fingerprint density at radius 2 is 2.00 bits per heavy atom. The monoisotopic (exact) mass is 159 g/mol. The fraction of sp³-hybridized carbons (Fsp3) is 0.667. The number of amides is 3. The number of carbonyl (C=O) groups excluding carboxylic acids is 2. The van der Waals surface area contributed by atoms with Crippen molar-refractivity contribution in [3.63, 3.8) is 0 Å². The molecule has 0 radical (unpaired) electrons. The van der Waals surface area contributed by atoms with Crippen molar-refractivity contribution in [1.29, 1.82) is 0 Å². The maximum absolute atomic E-state index is 10.9. The van der Waals surface area contributed by atoms with Crippen molar-refractivity contribution in [2.24, 2.45) is 0 Å². The van der Waals surface area contributed by atoms with Crippen LogP contribution in [-0.4, -0.2) is 30.5 Å². The number of urea groups is 1. The number of rotatable bonds is 1. The van der Waals surface area contributed by atoms with E-state index in [1.807, 2.05) is 0 Å². The molecule has 0 unspecified atom stereocenters. The third-order valence-electron chi connectivity index (χ3n) is 0.958. The minimum absolute atomic E-state index is 0.265. The summed E-state index contributed by atoms with van der Waals surface area (Å²) < 4.78 is 0. The third kappa shape index (κ3) is 4.19. The lowest BCUT2D eigenvalue weighted by Gasteiger charge is -2.16. The summed E-state index contributed by atoms with van der Waals surface area (Å²) >= 11 is 0. The zero-order valence-electron chi connectivity index (χ0n) is 6.97. The van der Waals surface area contributed by atoms with E-state index in [0.717, 1.165) is 5.01 Å². The van der Waals surface area contributed by atoms with Gasteiger partial charge in [0.05, 0.1) is 0 Å². The van der Waals surface area contributed by atoms with Gasteiger partial charge in [0.2, 0.25) is 5.91 Å². The smallest absolute Gasteiger partial charge is 0.335 e. The van der Waals surface area contributed by atoms with Crippen molar-refractivity contribution in [1.82, 2.24) is 15.8 Å². The fourth-order valence-corrected chi connectivity index (χ4v) is 0.557. The van der Waals surface area contributed by atoms with Crippen LogP contribution in [0, 0.1) is 0 Å². The molecule has 0 atom stereocenters. The Kier molecular flexibility index (Phi) is 4.02. The summed E-state index contributed by atoms with van der Waals surface area (Å²) in [6, 6.07) is -0.317. The van der Waals surface area contributed by atoms with Crippen LogP contribution in [0.4, 0.5) is 4.79 Å². The molecule has 0 aromatic carbocycles. The van der Waals surface area contributed by atoms with E-state index in [-0.39, 0.29) is 11.9 Å². The lowest BCUT2D eigenvalue weighted by molar-refractivity contribution is -0.122. The Labute approximate surface area is 65.7 Å². The second-order valence-corrected chi connectivity index (χ2v) is 2.06. The molecular weight excluding hydrogens is 146 g/mol. The molecule has 0 heterocycles. The fourth-order valence-electron chi connectivity index (χ4n) is 0.557. The highest BCUT2D eigenvalue weighted by Crippen LogP contribution is 1.76. The molecule has 0 bridgehead atoms. The van der Waals surface area contributed by atoms with E-state index >= 15 is 0 Å². The van der Waals surface area contributed by atoms with Gasteiger partial charge in [0, 0.05) is 20.5 Å². The van der Waals surface area contributed by atoms with Crippen molar-refractivity contribution in [3.05, 3.63) is 0 Å². The van der Waals surface area contributed by atoms with E-state index in [9.17, 15) is 9.59 Å². The van der Waals surface area contributed by atoms with Crippen LogP contribution in [0.2, 0.25) is 0 Å². The maximum atomic E-state index is 10.9. The second kappa shape index (κ2) is 4.54. The van der Waals surface area contributed by atoms with Gasteiger partial charge < -0.3 is 5.32 Å². The average Bonchev–Trinajstić information content (AvgIpc) is 1.86. The summed E-state index contributed by atoms with van der Waals surface area (Å²) in [6.07, 6.45) is 0. The van der Waals surface area contributed by atoms with Gasteiger partial charge in [-0.2, -0.15) is 0 Å². The minimum atomic E-state index is -0.317. The molecule has 0 fully saturated rings. The zero-order chi connectivity index (χ0) is 8.85. The first-order chi connectivity index (χ1) is 5.07. The van der Waals surface area contributed by atoms with E-state index in [1.54, 1.807) is 6.92 Å². The number of nitrogens with one attached hydrogen (secondary N) is 2. The second-order valence-electron chi connectivity index (χ2n) is 2.06. The van der Waals surface area contributed by atoms with Gasteiger partial charge in [0.15, 0.2) is 0 Å². The standard InChI is InChI=1S/C6H13N3O2/c1-4-7-6(11)9(3)8-5(2)10/h4H2,1-3H3,(H,7,11)(H,8,10). The Hall–Kier alpha value is -1.26. The quantitative estimate of drug-likeness (QED) is 0.516. The predicted molar refractivity (Wildman–Crippen MR) is 40.7 cm³/mol. The summed E-state index contributed by atoms with van der Waals surface area (Å²) in [7, 11) is 1.48. The SMILES string of the molecule is CCNC(=O)N(C)NC(C)=O. The molecule has 0 aromatic rings. The summed E-state index contributed by atoms with van der Waals surface area (Å²) in [5, 5.41) is 3.63. The number of hydrogen-bond donors (Lipinski definition) is 2. The molecule has 0 saturated heterocycles. The predicted octanol–water partition coefficient (Wildman–Crippen LogP) is -0.301. The Morgan fingerprint density at radius 1 is 1.45 bits per heavy atom. The molecular formula is C6H13N3O2. The summed E-state index contributed by atoms with van der Waals surface area (Å²) in [5.41, 5.74) is 2.31. The number of nitrogens with zero attached hydrogens (tertiary/aromatic N) is 1. The first kappa shape index (κ1) is 9.74. The highest BCUT2D eigenvalue weighted by atomic mass is 16.2. The van der Waals surface area contributed by atoms with Gasteiger partial charge in [0.1, 0.15) is 0 Å². The van der Waals surface area contributed by atoms with Gasteiger partial charge in [-0.15, -0.1) is 0 Å². The van der Waals surface area contributed by atoms with Crippen LogP contribution in [0.25, 0.3) is 0 Å². The van der Waals surface area contributed by atoms with Gasteiger partial charge >= 0.3 is 6.03 Å².